The summed E-state index contributed by atoms with van der Waals surface area (Å²) >= 11 is 0. The summed E-state index contributed by atoms with van der Waals surface area (Å²) in [7, 11) is 0. The van der Waals surface area contributed by atoms with E-state index in [0.717, 1.165) is 111 Å². The molecule has 5 atom stereocenters. The Balaban J connectivity index is 0.000000118. The predicted octanol–water partition coefficient (Wildman–Crippen LogP) is 9.24. The predicted molar refractivity (Wildman–Crippen MR) is 240 cm³/mol. The number of ether oxygens (including phenoxy) is 1. The van der Waals surface area contributed by atoms with Gasteiger partial charge in [0.05, 0.1) is 51.6 Å². The lowest BCUT2D eigenvalue weighted by atomic mass is 9.93. The van der Waals surface area contributed by atoms with Gasteiger partial charge in [-0.05, 0) is 49.1 Å². The molecule has 3 aliphatic heterocycles. The molecule has 11 heteroatoms. The van der Waals surface area contributed by atoms with E-state index in [1.54, 1.807) is 0 Å². The first-order valence-corrected chi connectivity index (χ1v) is 22.1. The first kappa shape index (κ1) is 34.9. The van der Waals surface area contributed by atoms with Crippen molar-refractivity contribution >= 4 is 105 Å². The second-order valence-corrected chi connectivity index (χ2v) is 18.6. The van der Waals surface area contributed by atoms with E-state index in [-0.39, 0.29) is 55.1 Å². The van der Waals surface area contributed by atoms with E-state index in [0.29, 0.717) is 24.0 Å². The van der Waals surface area contributed by atoms with Gasteiger partial charge in [0.15, 0.2) is 23.1 Å². The lowest BCUT2D eigenvalue weighted by molar-refractivity contribution is -0.194. The molecule has 0 amide bonds. The van der Waals surface area contributed by atoms with Gasteiger partial charge in [-0.25, -0.2) is 0 Å². The molecule has 1 saturated heterocycles. The van der Waals surface area contributed by atoms with Gasteiger partial charge >= 0.3 is 0 Å². The fourth-order valence-corrected chi connectivity index (χ4v) is 13.5. The van der Waals surface area contributed by atoms with Crippen molar-refractivity contribution in [1.82, 2.24) is 18.3 Å². The molecule has 6 aromatic carbocycles. The lowest BCUT2D eigenvalue weighted by Crippen LogP contribution is -2.54. The van der Waals surface area contributed by atoms with Crippen molar-refractivity contribution in [1.29, 1.82) is 0 Å². The SMILES string of the molecule is O=C1CC(=O)c2c1c1c3ccccc3n3c1c1c2c2ccccc2n1C1CCC3O1.O=C1CCc2c1c1c3ccccc3n3c1c1c2c2ccccc2n1[C@@]1(O)CC3C[C@]1(O)CO. The molecule has 4 bridgehead atoms. The number of carbonyl (C=O) groups excluding carboxylic acids is 3. The van der Waals surface area contributed by atoms with Crippen LogP contribution in [-0.2, 0) is 16.9 Å². The zero-order valence-corrected chi connectivity index (χ0v) is 33.9. The number of fused-ring (bicyclic) bond motifs is 26. The fourth-order valence-electron chi connectivity index (χ4n) is 13.5. The third-order valence-electron chi connectivity index (χ3n) is 15.8. The van der Waals surface area contributed by atoms with Gasteiger partial charge in [0, 0.05) is 90.6 Å². The van der Waals surface area contributed by atoms with Crippen LogP contribution in [0.3, 0.4) is 0 Å². The van der Waals surface area contributed by atoms with Crippen molar-refractivity contribution in [2.75, 3.05) is 6.61 Å². The van der Waals surface area contributed by atoms with Crippen LogP contribution in [0.4, 0.5) is 0 Å². The van der Waals surface area contributed by atoms with Crippen molar-refractivity contribution < 1.29 is 34.4 Å². The van der Waals surface area contributed by atoms with Crippen LogP contribution in [0, 0.1) is 0 Å². The molecule has 16 rings (SSSR count). The number of aliphatic hydroxyl groups is 3. The summed E-state index contributed by atoms with van der Waals surface area (Å²) in [5, 5.41) is 42.0. The number of benzene rings is 6. The monoisotopic (exact) mass is 830 g/mol. The Kier molecular flexibility index (Phi) is 6.26. The summed E-state index contributed by atoms with van der Waals surface area (Å²) in [6, 6.07) is 32.2. The highest BCUT2D eigenvalue weighted by Gasteiger charge is 2.61. The van der Waals surface area contributed by atoms with E-state index in [9.17, 15) is 29.7 Å². The molecule has 0 radical (unpaired) electrons. The molecule has 7 heterocycles. The summed E-state index contributed by atoms with van der Waals surface area (Å²) < 4.78 is 15.2. The molecule has 4 aromatic heterocycles. The van der Waals surface area contributed by atoms with Crippen molar-refractivity contribution in [3.05, 3.63) is 119 Å². The van der Waals surface area contributed by atoms with Gasteiger partial charge in [-0.3, -0.25) is 14.4 Å². The van der Waals surface area contributed by atoms with Gasteiger partial charge < -0.3 is 38.3 Å². The topological polar surface area (TPSA) is 141 Å². The minimum Gasteiger partial charge on any atom is -0.393 e. The van der Waals surface area contributed by atoms with E-state index >= 15 is 0 Å². The maximum atomic E-state index is 13.3. The van der Waals surface area contributed by atoms with Crippen LogP contribution in [0.5, 0.6) is 0 Å². The number of aryl methyl sites for hydroxylation is 1. The highest BCUT2D eigenvalue weighted by molar-refractivity contribution is 6.41. The Morgan fingerprint density at radius 1 is 0.540 bits per heavy atom. The van der Waals surface area contributed by atoms with E-state index in [1.165, 1.54) is 0 Å². The number of carbonyl (C=O) groups is 3. The lowest BCUT2D eigenvalue weighted by Gasteiger charge is -2.39. The van der Waals surface area contributed by atoms with E-state index in [4.69, 9.17) is 4.74 Å². The first-order valence-electron chi connectivity index (χ1n) is 22.1. The molecule has 11 nitrogen and oxygen atoms in total. The molecule has 63 heavy (non-hydrogen) atoms. The number of hydrogen-bond acceptors (Lipinski definition) is 7. The van der Waals surface area contributed by atoms with Gasteiger partial charge in [0.2, 0.25) is 0 Å². The fraction of sp³-hybridized carbons (Fsp3) is 0.250. The molecule has 3 N–H and O–H groups in total. The van der Waals surface area contributed by atoms with Crippen molar-refractivity contribution in [3.8, 4) is 0 Å². The van der Waals surface area contributed by atoms with E-state index in [1.807, 2.05) is 65.2 Å². The van der Waals surface area contributed by atoms with Crippen LogP contribution in [0.2, 0.25) is 0 Å². The molecular formula is C52H38N4O7. The van der Waals surface area contributed by atoms with Crippen LogP contribution >= 0.6 is 0 Å². The molecule has 1 saturated carbocycles. The normalized spacial score (nSPS) is 25.3. The number of aliphatic hydroxyl groups excluding tert-OH is 1. The number of aromatic nitrogens is 4. The van der Waals surface area contributed by atoms with Crippen LogP contribution in [0.25, 0.3) is 87.2 Å². The van der Waals surface area contributed by atoms with Crippen molar-refractivity contribution in [3.63, 3.8) is 0 Å². The zero-order chi connectivity index (χ0) is 42.0. The van der Waals surface area contributed by atoms with E-state index < -0.39 is 17.9 Å². The number of para-hydroxylation sites is 4. The molecule has 2 fully saturated rings. The molecule has 6 aliphatic rings. The molecule has 0 spiro atoms. The largest absolute Gasteiger partial charge is 0.393 e. The average molecular weight is 831 g/mol. The third-order valence-corrected chi connectivity index (χ3v) is 15.8. The standard InChI is InChI=1S/C27H22N2O4.C25H16N2O3/c30-13-26(32)11-14-12-27(26,33)29-19-8-4-2-6-16(19)21-17-9-10-20(31)22(17)23-15-5-1-3-7-18(15)28(14)24(23)25(21)29;28-16-11-17(29)23-21-13-6-2-4-8-15(13)27-19-10-9-18(30-19)26-14-7-3-1-5-12(14)20(22(16)23)24(26)25(21)27/h1-8,14,30,32-33H,9-13H2;1-8,18-19H,9-11H2/t14?,26-,27+;/m0./s1. The Bertz CT molecular complexity index is 3760. The molecule has 308 valence electrons. The van der Waals surface area contributed by atoms with Gasteiger partial charge in [0.1, 0.15) is 18.1 Å². The Labute approximate surface area is 356 Å². The number of rotatable bonds is 1. The number of ketones is 3. The van der Waals surface area contributed by atoms with E-state index in [2.05, 4.69) is 50.1 Å². The molecule has 3 aliphatic carbocycles. The average Bonchev–Trinajstić information content (AvgIpc) is 4.17. The maximum Gasteiger partial charge on any atom is 0.175 e. The highest BCUT2D eigenvalue weighted by atomic mass is 16.5. The van der Waals surface area contributed by atoms with Gasteiger partial charge in [-0.15, -0.1) is 0 Å². The minimum absolute atomic E-state index is 0.0358. The van der Waals surface area contributed by atoms with Gasteiger partial charge in [-0.2, -0.15) is 0 Å². The van der Waals surface area contributed by atoms with Crippen LogP contribution < -0.4 is 0 Å². The summed E-state index contributed by atoms with van der Waals surface area (Å²) in [6.45, 7) is -0.533. The maximum absolute atomic E-state index is 13.3. The quantitative estimate of drug-likeness (QED) is 0.140. The third kappa shape index (κ3) is 3.81. The minimum atomic E-state index is -1.68. The van der Waals surface area contributed by atoms with Crippen molar-refractivity contribution in [2.45, 2.75) is 74.8 Å². The zero-order valence-electron chi connectivity index (χ0n) is 33.9. The second kappa shape index (κ2) is 11.3. The molecule has 10 aromatic rings. The van der Waals surface area contributed by atoms with Crippen LogP contribution in [0.15, 0.2) is 97.1 Å². The smallest absolute Gasteiger partial charge is 0.175 e. The Morgan fingerprint density at radius 2 is 1.02 bits per heavy atom. The molecular weight excluding hydrogens is 793 g/mol. The number of Topliss-reactive ketones (excluding diaryl/α,β-unsaturated/α-hetero) is 3. The molecule has 3 unspecified atom stereocenters. The summed E-state index contributed by atoms with van der Waals surface area (Å²) in [4.78, 5) is 39.5. The highest BCUT2D eigenvalue weighted by Crippen LogP contribution is 2.59. The Hall–Kier alpha value is -6.63. The van der Waals surface area contributed by atoms with Gasteiger partial charge in [-0.1, -0.05) is 72.8 Å². The summed E-state index contributed by atoms with van der Waals surface area (Å²) in [5.74, 6) is 0.0468. The van der Waals surface area contributed by atoms with Crippen molar-refractivity contribution in [2.24, 2.45) is 0 Å². The number of hydrogen-bond donors (Lipinski definition) is 3. The van der Waals surface area contributed by atoms with Crippen LogP contribution in [0.1, 0.15) is 93.7 Å². The second-order valence-electron chi connectivity index (χ2n) is 18.6. The Morgan fingerprint density at radius 3 is 1.57 bits per heavy atom. The van der Waals surface area contributed by atoms with Crippen LogP contribution in [-0.4, -0.2) is 63.1 Å². The summed E-state index contributed by atoms with van der Waals surface area (Å²) in [6.07, 6.45) is 3.34. The first-order chi connectivity index (χ1) is 30.7. The number of nitrogens with zero attached hydrogens (tertiary/aromatic N) is 4. The van der Waals surface area contributed by atoms with Gasteiger partial charge in [0.25, 0.3) is 0 Å². The summed E-state index contributed by atoms with van der Waals surface area (Å²) in [5.41, 5.74) is 7.55.